The van der Waals surface area contributed by atoms with Crippen molar-refractivity contribution in [2.24, 2.45) is 0 Å². The highest BCUT2D eigenvalue weighted by Gasteiger charge is 2.21. The predicted octanol–water partition coefficient (Wildman–Crippen LogP) is 3.51. The van der Waals surface area contributed by atoms with Gasteiger partial charge in [-0.25, -0.2) is 9.50 Å². The molecule has 1 N–H and O–H groups in total. The number of carbonyl (C=O) groups is 1. The van der Waals surface area contributed by atoms with Crippen molar-refractivity contribution in [3.8, 4) is 0 Å². The van der Waals surface area contributed by atoms with Gasteiger partial charge < -0.3 is 5.32 Å². The number of hydrogen-bond acceptors (Lipinski definition) is 3. The zero-order valence-electron chi connectivity index (χ0n) is 14.9. The third kappa shape index (κ3) is 3.89. The van der Waals surface area contributed by atoms with Crippen LogP contribution in [-0.2, 0) is 11.8 Å². The van der Waals surface area contributed by atoms with Crippen LogP contribution in [0, 0.1) is 0 Å². The van der Waals surface area contributed by atoms with Crippen molar-refractivity contribution in [1.82, 2.24) is 19.9 Å². The molecule has 5 nitrogen and oxygen atoms in total. The van der Waals surface area contributed by atoms with Gasteiger partial charge in [-0.15, -0.1) is 0 Å². The molecule has 0 aromatic carbocycles. The number of nitrogens with one attached hydrogen (secondary N) is 1. The van der Waals surface area contributed by atoms with Crippen LogP contribution >= 0.6 is 0 Å². The molecule has 2 aromatic heterocycles. The molecule has 2 aromatic rings. The van der Waals surface area contributed by atoms with E-state index in [4.69, 9.17) is 5.10 Å². The number of nitrogens with zero attached hydrogens (tertiary/aromatic N) is 3. The van der Waals surface area contributed by atoms with Crippen molar-refractivity contribution in [3.05, 3.63) is 29.2 Å². The summed E-state index contributed by atoms with van der Waals surface area (Å²) in [5, 5.41) is 7.70. The Morgan fingerprint density at radius 3 is 2.61 bits per heavy atom. The largest absolute Gasteiger partial charge is 0.352 e. The quantitative estimate of drug-likeness (QED) is 0.830. The summed E-state index contributed by atoms with van der Waals surface area (Å²) in [6.45, 7) is 11.3. The van der Waals surface area contributed by atoms with E-state index < -0.39 is 0 Å². The molecule has 126 valence electrons. The molecule has 0 radical (unpaired) electrons. The van der Waals surface area contributed by atoms with E-state index in [9.17, 15) is 4.79 Å². The zero-order valence-corrected chi connectivity index (χ0v) is 14.9. The first-order chi connectivity index (χ1) is 10.9. The molecule has 0 bridgehead atoms. The highest BCUT2D eigenvalue weighted by atomic mass is 16.1. The summed E-state index contributed by atoms with van der Waals surface area (Å²) in [6, 6.07) is 2.01. The maximum atomic E-state index is 12.5. The Kier molecular flexibility index (Phi) is 5.39. The monoisotopic (exact) mass is 316 g/mol. The molecule has 0 spiro atoms. The van der Waals surface area contributed by atoms with Crippen molar-refractivity contribution in [2.45, 2.75) is 65.7 Å². The fourth-order valence-corrected chi connectivity index (χ4v) is 2.49. The van der Waals surface area contributed by atoms with Crippen molar-refractivity contribution in [1.29, 1.82) is 0 Å². The molecule has 5 heteroatoms. The van der Waals surface area contributed by atoms with Crippen molar-refractivity contribution in [3.63, 3.8) is 0 Å². The molecule has 0 fully saturated rings. The molecule has 1 amide bonds. The molecule has 2 heterocycles. The normalized spacial score (nSPS) is 11.9. The molecule has 0 aliphatic rings. The van der Waals surface area contributed by atoms with Crippen LogP contribution in [0.15, 0.2) is 12.3 Å². The minimum atomic E-state index is -0.0518. The molecule has 2 rings (SSSR count). The molecule has 0 aliphatic heterocycles. The van der Waals surface area contributed by atoms with Gasteiger partial charge in [0.2, 0.25) is 0 Å². The van der Waals surface area contributed by atoms with Gasteiger partial charge in [0.05, 0.1) is 17.0 Å². The minimum Gasteiger partial charge on any atom is -0.352 e. The highest BCUT2D eigenvalue weighted by molar-refractivity contribution is 5.95. The number of aryl methyl sites for hydroxylation is 1. The smallest absolute Gasteiger partial charge is 0.254 e. The Bertz CT molecular complexity index is 682. The molecule has 0 saturated carbocycles. The van der Waals surface area contributed by atoms with Crippen LogP contribution in [0.5, 0.6) is 0 Å². The zero-order chi connectivity index (χ0) is 17.0. The van der Waals surface area contributed by atoms with Gasteiger partial charge in [0.1, 0.15) is 0 Å². The van der Waals surface area contributed by atoms with Gasteiger partial charge in [-0.2, -0.15) is 5.10 Å². The number of aromatic nitrogens is 3. The number of unbranched alkanes of at least 4 members (excludes halogenated alkanes) is 1. The van der Waals surface area contributed by atoms with Crippen LogP contribution in [0.2, 0.25) is 0 Å². The second-order valence-electron chi connectivity index (χ2n) is 7.03. The summed E-state index contributed by atoms with van der Waals surface area (Å²) in [4.78, 5) is 16.9. The van der Waals surface area contributed by atoms with E-state index >= 15 is 0 Å². The number of fused-ring (bicyclic) bond motifs is 1. The summed E-state index contributed by atoms with van der Waals surface area (Å²) in [6.07, 6.45) is 5.50. The Balaban J connectivity index is 2.44. The maximum Gasteiger partial charge on any atom is 0.254 e. The van der Waals surface area contributed by atoms with Gasteiger partial charge in [0.25, 0.3) is 5.91 Å². The van der Waals surface area contributed by atoms with Gasteiger partial charge in [0, 0.05) is 24.2 Å². The molecule has 0 saturated heterocycles. The number of amides is 1. The summed E-state index contributed by atoms with van der Waals surface area (Å²) >= 11 is 0. The molecule has 23 heavy (non-hydrogen) atoms. The minimum absolute atomic E-state index is 0.0409. The van der Waals surface area contributed by atoms with Gasteiger partial charge in [-0.3, -0.25) is 4.79 Å². The SMILES string of the molecule is CCCCNC(=O)c1cnc2cc(C(C)(C)C)nn2c1CCC. The standard InChI is InChI=1S/C18H28N4O/c1-6-8-10-19-17(23)13-12-20-16-11-15(18(3,4)5)21-22(16)14(13)9-7-2/h11-12H,6-10H2,1-5H3,(H,19,23). The van der Waals surface area contributed by atoms with E-state index in [0.717, 1.165) is 42.7 Å². The van der Waals surface area contributed by atoms with Crippen LogP contribution < -0.4 is 5.32 Å². The van der Waals surface area contributed by atoms with E-state index in [2.05, 4.69) is 44.9 Å². The number of hydrogen-bond donors (Lipinski definition) is 1. The molecule has 0 aliphatic carbocycles. The van der Waals surface area contributed by atoms with Gasteiger partial charge >= 0.3 is 0 Å². The van der Waals surface area contributed by atoms with Crippen molar-refractivity contribution < 1.29 is 4.79 Å². The molecule has 0 atom stereocenters. The lowest BCUT2D eigenvalue weighted by Gasteiger charge is -2.14. The molecular weight excluding hydrogens is 288 g/mol. The second-order valence-corrected chi connectivity index (χ2v) is 7.03. The topological polar surface area (TPSA) is 59.3 Å². The lowest BCUT2D eigenvalue weighted by Crippen LogP contribution is -2.26. The molecular formula is C18H28N4O. The summed E-state index contributed by atoms with van der Waals surface area (Å²) < 4.78 is 1.85. The van der Waals surface area contributed by atoms with Crippen LogP contribution in [0.25, 0.3) is 5.65 Å². The van der Waals surface area contributed by atoms with Gasteiger partial charge in [-0.1, -0.05) is 47.5 Å². The first kappa shape index (κ1) is 17.4. The van der Waals surface area contributed by atoms with E-state index in [1.807, 2.05) is 10.6 Å². The number of carbonyl (C=O) groups excluding carboxylic acids is 1. The maximum absolute atomic E-state index is 12.5. The van der Waals surface area contributed by atoms with Crippen molar-refractivity contribution in [2.75, 3.05) is 6.54 Å². The second kappa shape index (κ2) is 7.11. The Morgan fingerprint density at radius 2 is 2.00 bits per heavy atom. The first-order valence-corrected chi connectivity index (χ1v) is 8.54. The summed E-state index contributed by atoms with van der Waals surface area (Å²) in [7, 11) is 0. The Hall–Kier alpha value is -1.91. The fourth-order valence-electron chi connectivity index (χ4n) is 2.49. The van der Waals surface area contributed by atoms with E-state index in [1.54, 1.807) is 6.20 Å². The predicted molar refractivity (Wildman–Crippen MR) is 92.9 cm³/mol. The highest BCUT2D eigenvalue weighted by Crippen LogP contribution is 2.23. The molecule has 0 unspecified atom stereocenters. The van der Waals surface area contributed by atoms with Gasteiger partial charge in [-0.05, 0) is 12.8 Å². The first-order valence-electron chi connectivity index (χ1n) is 8.54. The summed E-state index contributed by atoms with van der Waals surface area (Å²) in [5.74, 6) is -0.0518. The number of rotatable bonds is 6. The van der Waals surface area contributed by atoms with Crippen LogP contribution in [0.3, 0.4) is 0 Å². The van der Waals surface area contributed by atoms with E-state index in [-0.39, 0.29) is 11.3 Å². The average Bonchev–Trinajstić information content (AvgIpc) is 2.92. The van der Waals surface area contributed by atoms with E-state index in [0.29, 0.717) is 12.1 Å². The van der Waals surface area contributed by atoms with Crippen LogP contribution in [-0.4, -0.2) is 27.0 Å². The van der Waals surface area contributed by atoms with Crippen molar-refractivity contribution >= 4 is 11.6 Å². The van der Waals surface area contributed by atoms with E-state index in [1.165, 1.54) is 0 Å². The fraction of sp³-hybridized carbons (Fsp3) is 0.611. The Morgan fingerprint density at radius 1 is 1.26 bits per heavy atom. The summed E-state index contributed by atoms with van der Waals surface area (Å²) in [5.41, 5.74) is 3.34. The Labute approximate surface area is 138 Å². The van der Waals surface area contributed by atoms with Gasteiger partial charge in [0.15, 0.2) is 5.65 Å². The van der Waals surface area contributed by atoms with Crippen LogP contribution in [0.1, 0.15) is 75.6 Å². The third-order valence-corrected chi connectivity index (χ3v) is 3.90. The third-order valence-electron chi connectivity index (χ3n) is 3.90. The lowest BCUT2D eigenvalue weighted by molar-refractivity contribution is 0.0951. The van der Waals surface area contributed by atoms with Crippen LogP contribution in [0.4, 0.5) is 0 Å². The lowest BCUT2D eigenvalue weighted by atomic mass is 9.93. The average molecular weight is 316 g/mol.